The Hall–Kier alpha value is -3.50. The van der Waals surface area contributed by atoms with Crippen molar-refractivity contribution in [1.29, 1.82) is 0 Å². The molecule has 0 aliphatic heterocycles. The lowest BCUT2D eigenvalue weighted by atomic mass is 9.90. The van der Waals surface area contributed by atoms with Crippen LogP contribution in [0.5, 0.6) is 17.2 Å². The molecule has 0 saturated carbocycles. The van der Waals surface area contributed by atoms with Gasteiger partial charge in [0.2, 0.25) is 0 Å². The lowest BCUT2D eigenvalue weighted by molar-refractivity contribution is 0.204. The minimum atomic E-state index is 0.255. The molecule has 4 rings (SSSR count). The summed E-state index contributed by atoms with van der Waals surface area (Å²) in [6, 6.07) is 25.4. The second-order valence-electron chi connectivity index (χ2n) is 9.76. The van der Waals surface area contributed by atoms with Crippen LogP contribution in [0.15, 0.2) is 78.9 Å². The Morgan fingerprint density at radius 2 is 1.38 bits per heavy atom. The molecule has 0 spiro atoms. The summed E-state index contributed by atoms with van der Waals surface area (Å²) < 4.78 is 6.10. The van der Waals surface area contributed by atoms with Crippen molar-refractivity contribution < 1.29 is 14.9 Å². The van der Waals surface area contributed by atoms with E-state index in [1.54, 1.807) is 24.3 Å². The van der Waals surface area contributed by atoms with E-state index in [1.807, 2.05) is 24.3 Å². The maximum atomic E-state index is 10.0. The Morgan fingerprint density at radius 1 is 0.703 bits per heavy atom. The van der Waals surface area contributed by atoms with E-state index in [2.05, 4.69) is 49.1 Å². The van der Waals surface area contributed by atoms with Gasteiger partial charge in [-0.2, -0.15) is 0 Å². The lowest BCUT2D eigenvalue weighted by Crippen LogP contribution is -2.30. The summed E-state index contributed by atoms with van der Waals surface area (Å²) in [4.78, 5) is 2.52. The molecular formula is C33H39NO3. The van der Waals surface area contributed by atoms with Crippen LogP contribution in [-0.2, 0) is 6.42 Å². The molecule has 0 heterocycles. The second-order valence-corrected chi connectivity index (χ2v) is 9.76. The number of phenols is 2. The van der Waals surface area contributed by atoms with Gasteiger partial charge in [-0.15, -0.1) is 0 Å². The van der Waals surface area contributed by atoms with E-state index < -0.39 is 0 Å². The van der Waals surface area contributed by atoms with Gasteiger partial charge in [-0.3, -0.25) is 4.90 Å². The molecule has 0 aliphatic rings. The molecule has 0 aliphatic carbocycles. The monoisotopic (exact) mass is 497 g/mol. The van der Waals surface area contributed by atoms with Gasteiger partial charge in [0.05, 0.1) is 0 Å². The topological polar surface area (TPSA) is 52.9 Å². The first-order valence-corrected chi connectivity index (χ1v) is 13.6. The summed E-state index contributed by atoms with van der Waals surface area (Å²) in [6.07, 6.45) is 5.66. The van der Waals surface area contributed by atoms with E-state index >= 15 is 0 Å². The van der Waals surface area contributed by atoms with Gasteiger partial charge in [0.15, 0.2) is 0 Å². The van der Waals surface area contributed by atoms with Crippen molar-refractivity contribution in [3.05, 3.63) is 90.0 Å². The Balaban J connectivity index is 1.49. The fourth-order valence-electron chi connectivity index (χ4n) is 4.78. The van der Waals surface area contributed by atoms with Gasteiger partial charge in [-0.1, -0.05) is 69.2 Å². The zero-order valence-electron chi connectivity index (χ0n) is 22.1. The maximum absolute atomic E-state index is 10.0. The van der Waals surface area contributed by atoms with Crippen molar-refractivity contribution in [3.8, 4) is 28.4 Å². The van der Waals surface area contributed by atoms with Crippen molar-refractivity contribution in [1.82, 2.24) is 4.90 Å². The zero-order valence-corrected chi connectivity index (χ0v) is 22.1. The molecule has 0 bridgehead atoms. The standard InChI is InChI=1S/C33H39NO3/c1-3-5-19-34(20-6-4-2)21-22-37-30-15-7-25(8-16-30)23-33-31(26-9-12-28(35)13-10-26)17-11-27-24-29(36)14-18-32(27)33/h7-18,24,35-36H,3-6,19-23H2,1-2H3. The fraction of sp³-hybridized carbons (Fsp3) is 0.333. The third-order valence-corrected chi connectivity index (χ3v) is 6.93. The number of ether oxygens (including phenoxy) is 1. The highest BCUT2D eigenvalue weighted by Gasteiger charge is 2.12. The number of unbranched alkanes of at least 4 members (excludes halogenated alkanes) is 2. The van der Waals surface area contributed by atoms with Gasteiger partial charge in [0.1, 0.15) is 23.9 Å². The number of nitrogens with zero attached hydrogens (tertiary/aromatic N) is 1. The van der Waals surface area contributed by atoms with Crippen LogP contribution in [0.3, 0.4) is 0 Å². The van der Waals surface area contributed by atoms with Gasteiger partial charge < -0.3 is 14.9 Å². The molecule has 2 N–H and O–H groups in total. The highest BCUT2D eigenvalue weighted by atomic mass is 16.5. The first kappa shape index (κ1) is 26.6. The quantitative estimate of drug-likeness (QED) is 0.198. The fourth-order valence-corrected chi connectivity index (χ4v) is 4.78. The Morgan fingerprint density at radius 3 is 2.05 bits per heavy atom. The van der Waals surface area contributed by atoms with Crippen LogP contribution in [0.1, 0.15) is 50.7 Å². The van der Waals surface area contributed by atoms with E-state index in [1.165, 1.54) is 36.8 Å². The summed E-state index contributed by atoms with van der Waals surface area (Å²) in [5.41, 5.74) is 4.57. The molecule has 0 saturated heterocycles. The summed E-state index contributed by atoms with van der Waals surface area (Å²) in [7, 11) is 0. The van der Waals surface area contributed by atoms with Crippen molar-refractivity contribution in [3.63, 3.8) is 0 Å². The number of aromatic hydroxyl groups is 2. The third-order valence-electron chi connectivity index (χ3n) is 6.93. The molecule has 0 unspecified atom stereocenters. The molecule has 0 atom stereocenters. The van der Waals surface area contributed by atoms with Crippen LogP contribution in [-0.4, -0.2) is 41.4 Å². The molecule has 194 valence electrons. The average molecular weight is 498 g/mol. The smallest absolute Gasteiger partial charge is 0.119 e. The predicted molar refractivity (Wildman–Crippen MR) is 154 cm³/mol. The number of hydrogen-bond acceptors (Lipinski definition) is 4. The number of hydrogen-bond donors (Lipinski definition) is 2. The molecule has 4 aromatic carbocycles. The predicted octanol–water partition coefficient (Wildman–Crippen LogP) is 7.79. The van der Waals surface area contributed by atoms with Gasteiger partial charge in [-0.25, -0.2) is 0 Å². The largest absolute Gasteiger partial charge is 0.508 e. The first-order valence-electron chi connectivity index (χ1n) is 13.6. The number of fused-ring (bicyclic) bond motifs is 1. The summed E-state index contributed by atoms with van der Waals surface area (Å²) >= 11 is 0. The Labute approximate surface area is 221 Å². The molecule has 4 heteroatoms. The van der Waals surface area contributed by atoms with E-state index in [0.717, 1.165) is 53.7 Å². The summed E-state index contributed by atoms with van der Waals surface area (Å²) in [5.74, 6) is 1.42. The second kappa shape index (κ2) is 13.2. The van der Waals surface area contributed by atoms with Crippen LogP contribution in [0.2, 0.25) is 0 Å². The first-order chi connectivity index (χ1) is 18.1. The van der Waals surface area contributed by atoms with Crippen molar-refractivity contribution in [2.75, 3.05) is 26.2 Å². The average Bonchev–Trinajstić information content (AvgIpc) is 2.91. The van der Waals surface area contributed by atoms with E-state index in [-0.39, 0.29) is 11.5 Å². The highest BCUT2D eigenvalue weighted by molar-refractivity contribution is 5.93. The van der Waals surface area contributed by atoms with Crippen LogP contribution >= 0.6 is 0 Å². The van der Waals surface area contributed by atoms with E-state index in [9.17, 15) is 10.2 Å². The lowest BCUT2D eigenvalue weighted by Gasteiger charge is -2.22. The van der Waals surface area contributed by atoms with Gasteiger partial charge in [-0.05, 0) is 102 Å². The van der Waals surface area contributed by atoms with Crippen LogP contribution in [0.25, 0.3) is 21.9 Å². The molecular weight excluding hydrogens is 458 g/mol. The molecule has 0 aromatic heterocycles. The molecule has 37 heavy (non-hydrogen) atoms. The SMILES string of the molecule is CCCCN(CCCC)CCOc1ccc(Cc2c(-c3ccc(O)cc3)ccc3cc(O)ccc23)cc1. The van der Waals surface area contributed by atoms with Crippen molar-refractivity contribution in [2.24, 2.45) is 0 Å². The molecule has 4 aromatic rings. The minimum Gasteiger partial charge on any atom is -0.508 e. The summed E-state index contributed by atoms with van der Waals surface area (Å²) in [6.45, 7) is 8.43. The molecule has 0 radical (unpaired) electrons. The van der Waals surface area contributed by atoms with Crippen LogP contribution < -0.4 is 4.74 Å². The normalized spacial score (nSPS) is 11.3. The highest BCUT2D eigenvalue weighted by Crippen LogP contribution is 2.34. The molecule has 0 fully saturated rings. The zero-order chi connectivity index (χ0) is 26.0. The number of phenolic OH excluding ortho intramolecular Hbond substituents is 2. The van der Waals surface area contributed by atoms with Gasteiger partial charge in [0.25, 0.3) is 0 Å². The Bertz CT molecular complexity index is 1260. The Kier molecular flexibility index (Phi) is 9.45. The van der Waals surface area contributed by atoms with Crippen molar-refractivity contribution >= 4 is 10.8 Å². The minimum absolute atomic E-state index is 0.255. The van der Waals surface area contributed by atoms with E-state index in [4.69, 9.17) is 4.74 Å². The van der Waals surface area contributed by atoms with Gasteiger partial charge >= 0.3 is 0 Å². The molecule has 4 nitrogen and oxygen atoms in total. The van der Waals surface area contributed by atoms with Gasteiger partial charge in [0, 0.05) is 6.54 Å². The summed E-state index contributed by atoms with van der Waals surface area (Å²) in [5, 5.41) is 21.9. The third kappa shape index (κ3) is 7.27. The maximum Gasteiger partial charge on any atom is 0.119 e. The van der Waals surface area contributed by atoms with Crippen LogP contribution in [0, 0.1) is 0 Å². The number of benzene rings is 4. The van der Waals surface area contributed by atoms with E-state index in [0.29, 0.717) is 6.61 Å². The molecule has 0 amide bonds. The van der Waals surface area contributed by atoms with Crippen molar-refractivity contribution in [2.45, 2.75) is 46.0 Å². The number of rotatable bonds is 13. The van der Waals surface area contributed by atoms with Crippen LogP contribution in [0.4, 0.5) is 0 Å².